The van der Waals surface area contributed by atoms with Crippen LogP contribution in [0.5, 0.6) is 5.88 Å². The van der Waals surface area contributed by atoms with Crippen molar-refractivity contribution in [1.29, 1.82) is 0 Å². The lowest BCUT2D eigenvalue weighted by molar-refractivity contribution is 0.304. The Morgan fingerprint density at radius 2 is 2.00 bits per heavy atom. The Morgan fingerprint density at radius 3 is 2.63 bits per heavy atom. The van der Waals surface area contributed by atoms with Crippen LogP contribution in [0.3, 0.4) is 0 Å². The number of ether oxygens (including phenoxy) is 1. The van der Waals surface area contributed by atoms with Crippen LogP contribution < -0.4 is 15.4 Å². The molecule has 0 aliphatic heterocycles. The van der Waals surface area contributed by atoms with Crippen molar-refractivity contribution in [2.75, 3.05) is 31.1 Å². The van der Waals surface area contributed by atoms with E-state index in [1.807, 2.05) is 13.0 Å². The van der Waals surface area contributed by atoms with E-state index in [1.165, 1.54) is 0 Å². The number of hydrogen-bond acceptors (Lipinski definition) is 5. The second-order valence-electron chi connectivity index (χ2n) is 4.63. The van der Waals surface area contributed by atoms with Crippen molar-refractivity contribution in [3.05, 3.63) is 11.8 Å². The van der Waals surface area contributed by atoms with Gasteiger partial charge in [0.25, 0.3) is 0 Å². The van der Waals surface area contributed by atoms with Crippen LogP contribution >= 0.6 is 0 Å². The predicted octanol–water partition coefficient (Wildman–Crippen LogP) is 2.14. The summed E-state index contributed by atoms with van der Waals surface area (Å²) in [4.78, 5) is 11.2. The summed E-state index contributed by atoms with van der Waals surface area (Å²) in [6, 6.07) is 1.88. The molecule has 1 heterocycles. The first kappa shape index (κ1) is 15.7. The molecule has 0 aromatic carbocycles. The van der Waals surface area contributed by atoms with Crippen LogP contribution in [0.15, 0.2) is 6.07 Å². The minimum Gasteiger partial charge on any atom is -0.478 e. The molecule has 5 nitrogen and oxygen atoms in total. The molecule has 0 amide bonds. The van der Waals surface area contributed by atoms with E-state index >= 15 is 0 Å². The summed E-state index contributed by atoms with van der Waals surface area (Å²) >= 11 is 0. The van der Waals surface area contributed by atoms with Crippen LogP contribution in [-0.2, 0) is 0 Å². The smallest absolute Gasteiger partial charge is 0.228 e. The fourth-order valence-corrected chi connectivity index (χ4v) is 1.81. The minimum absolute atomic E-state index is 0.665. The average molecular weight is 266 g/mol. The molecule has 0 unspecified atom stereocenters. The van der Waals surface area contributed by atoms with Gasteiger partial charge in [-0.1, -0.05) is 13.8 Å². The van der Waals surface area contributed by atoms with Gasteiger partial charge in [-0.25, -0.2) is 4.98 Å². The first-order chi connectivity index (χ1) is 9.21. The number of rotatable bonds is 9. The number of nitrogens with two attached hydrogens (primary N) is 1. The highest BCUT2D eigenvalue weighted by atomic mass is 16.5. The highest BCUT2D eigenvalue weighted by Gasteiger charge is 2.11. The highest BCUT2D eigenvalue weighted by Crippen LogP contribution is 2.16. The molecule has 19 heavy (non-hydrogen) atoms. The quantitative estimate of drug-likeness (QED) is 0.742. The van der Waals surface area contributed by atoms with Crippen LogP contribution in [0, 0.1) is 6.92 Å². The van der Waals surface area contributed by atoms with E-state index in [0.717, 1.165) is 44.0 Å². The summed E-state index contributed by atoms with van der Waals surface area (Å²) in [5.41, 5.74) is 6.52. The molecule has 0 radical (unpaired) electrons. The van der Waals surface area contributed by atoms with Gasteiger partial charge >= 0.3 is 0 Å². The van der Waals surface area contributed by atoms with Crippen molar-refractivity contribution in [2.45, 2.75) is 40.0 Å². The maximum atomic E-state index is 5.61. The summed E-state index contributed by atoms with van der Waals surface area (Å²) in [5.74, 6) is 1.42. The largest absolute Gasteiger partial charge is 0.478 e. The zero-order chi connectivity index (χ0) is 14.1. The lowest BCUT2D eigenvalue weighted by Gasteiger charge is -2.22. The molecule has 108 valence electrons. The van der Waals surface area contributed by atoms with Crippen LogP contribution in [0.1, 0.15) is 38.8 Å². The van der Waals surface area contributed by atoms with E-state index in [9.17, 15) is 0 Å². The highest BCUT2D eigenvalue weighted by molar-refractivity contribution is 5.34. The van der Waals surface area contributed by atoms with Gasteiger partial charge in [0, 0.05) is 24.8 Å². The van der Waals surface area contributed by atoms with E-state index in [1.54, 1.807) is 0 Å². The van der Waals surface area contributed by atoms with E-state index in [0.29, 0.717) is 19.0 Å². The third-order valence-corrected chi connectivity index (χ3v) is 2.68. The van der Waals surface area contributed by atoms with Crippen molar-refractivity contribution < 1.29 is 4.74 Å². The van der Waals surface area contributed by atoms with Gasteiger partial charge in [0.05, 0.1) is 6.61 Å². The molecule has 0 saturated heterocycles. The molecule has 0 atom stereocenters. The van der Waals surface area contributed by atoms with Crippen LogP contribution in [0.25, 0.3) is 0 Å². The molecule has 0 spiro atoms. The first-order valence-electron chi connectivity index (χ1n) is 7.14. The molecule has 0 aliphatic carbocycles. The van der Waals surface area contributed by atoms with Gasteiger partial charge in [0.2, 0.25) is 11.8 Å². The van der Waals surface area contributed by atoms with Gasteiger partial charge in [-0.05, 0) is 32.7 Å². The molecule has 1 rings (SSSR count). The van der Waals surface area contributed by atoms with Gasteiger partial charge in [-0.2, -0.15) is 4.98 Å². The molecule has 1 aromatic rings. The monoisotopic (exact) mass is 266 g/mol. The number of hydrogen-bond donors (Lipinski definition) is 1. The van der Waals surface area contributed by atoms with Gasteiger partial charge in [0.1, 0.15) is 0 Å². The topological polar surface area (TPSA) is 64.3 Å². The van der Waals surface area contributed by atoms with Gasteiger partial charge in [0.15, 0.2) is 0 Å². The molecule has 1 aromatic heterocycles. The molecule has 5 heteroatoms. The zero-order valence-corrected chi connectivity index (χ0v) is 12.4. The summed E-state index contributed by atoms with van der Waals surface area (Å²) in [6.07, 6.45) is 2.99. The van der Waals surface area contributed by atoms with E-state index in [4.69, 9.17) is 10.5 Å². The zero-order valence-electron chi connectivity index (χ0n) is 12.4. The lowest BCUT2D eigenvalue weighted by Crippen LogP contribution is -2.29. The number of nitrogens with zero attached hydrogens (tertiary/aromatic N) is 3. The molecule has 0 bridgehead atoms. The average Bonchev–Trinajstić information content (AvgIpc) is 2.40. The molecule has 2 N–H and O–H groups in total. The third kappa shape index (κ3) is 5.42. The fourth-order valence-electron chi connectivity index (χ4n) is 1.81. The van der Waals surface area contributed by atoms with Crippen molar-refractivity contribution in [3.8, 4) is 5.88 Å². The second-order valence-corrected chi connectivity index (χ2v) is 4.63. The summed E-state index contributed by atoms with van der Waals surface area (Å²) in [5, 5.41) is 0. The normalized spacial score (nSPS) is 10.5. The maximum absolute atomic E-state index is 5.61. The lowest BCUT2D eigenvalue weighted by atomic mass is 10.3. The molecular weight excluding hydrogens is 240 g/mol. The molecule has 0 saturated carbocycles. The standard InChI is InChI=1S/C14H26N4O/c1-4-8-18(9-6-7-15)14-16-12(3)11-13(17-14)19-10-5-2/h11H,4-10,15H2,1-3H3. The third-order valence-electron chi connectivity index (χ3n) is 2.68. The summed E-state index contributed by atoms with van der Waals surface area (Å²) in [6.45, 7) is 9.41. The van der Waals surface area contributed by atoms with Crippen LogP contribution in [0.2, 0.25) is 0 Å². The maximum Gasteiger partial charge on any atom is 0.228 e. The number of anilines is 1. The Morgan fingerprint density at radius 1 is 1.21 bits per heavy atom. The molecule has 0 aliphatic rings. The van der Waals surface area contributed by atoms with Gasteiger partial charge in [-0.15, -0.1) is 0 Å². The predicted molar refractivity (Wildman–Crippen MR) is 78.7 cm³/mol. The van der Waals surface area contributed by atoms with E-state index < -0.39 is 0 Å². The Hall–Kier alpha value is -1.36. The number of aromatic nitrogens is 2. The Labute approximate surface area is 116 Å². The van der Waals surface area contributed by atoms with Crippen molar-refractivity contribution in [1.82, 2.24) is 9.97 Å². The molecule has 0 fully saturated rings. The Bertz CT molecular complexity index is 370. The fraction of sp³-hybridized carbons (Fsp3) is 0.714. The van der Waals surface area contributed by atoms with E-state index in [2.05, 4.69) is 28.7 Å². The minimum atomic E-state index is 0.665. The second kappa shape index (κ2) is 8.69. The van der Waals surface area contributed by atoms with Crippen molar-refractivity contribution >= 4 is 5.95 Å². The van der Waals surface area contributed by atoms with Crippen molar-refractivity contribution in [3.63, 3.8) is 0 Å². The molecular formula is C14H26N4O. The van der Waals surface area contributed by atoms with E-state index in [-0.39, 0.29) is 0 Å². The summed E-state index contributed by atoms with van der Waals surface area (Å²) < 4.78 is 5.61. The summed E-state index contributed by atoms with van der Waals surface area (Å²) in [7, 11) is 0. The number of aryl methyl sites for hydroxylation is 1. The van der Waals surface area contributed by atoms with Crippen LogP contribution in [-0.4, -0.2) is 36.2 Å². The van der Waals surface area contributed by atoms with Crippen LogP contribution in [0.4, 0.5) is 5.95 Å². The van der Waals surface area contributed by atoms with Gasteiger partial charge < -0.3 is 15.4 Å². The Kier molecular flexibility index (Phi) is 7.18. The van der Waals surface area contributed by atoms with Gasteiger partial charge in [-0.3, -0.25) is 0 Å². The Balaban J connectivity index is 2.84. The first-order valence-corrected chi connectivity index (χ1v) is 7.14. The van der Waals surface area contributed by atoms with Crippen molar-refractivity contribution in [2.24, 2.45) is 5.73 Å². The SMILES string of the molecule is CCCOc1cc(C)nc(N(CCC)CCCN)n1.